The largest absolute Gasteiger partial charge is 0.496 e. The average Bonchev–Trinajstić information content (AvgIpc) is 3.16. The fourth-order valence-corrected chi connectivity index (χ4v) is 3.44. The Morgan fingerprint density at radius 3 is 2.76 bits per heavy atom. The third-order valence-corrected chi connectivity index (χ3v) is 4.60. The van der Waals surface area contributed by atoms with Crippen molar-refractivity contribution in [2.75, 3.05) is 39.0 Å². The van der Waals surface area contributed by atoms with Gasteiger partial charge in [-0.05, 0) is 44.5 Å². The van der Waals surface area contributed by atoms with Crippen molar-refractivity contribution in [3.63, 3.8) is 0 Å². The van der Waals surface area contributed by atoms with Crippen LogP contribution in [0.1, 0.15) is 29.6 Å². The van der Waals surface area contributed by atoms with Crippen molar-refractivity contribution in [1.82, 2.24) is 9.80 Å². The monoisotopic (exact) mass is 289 g/mol. The first-order valence-corrected chi connectivity index (χ1v) is 7.66. The zero-order valence-electron chi connectivity index (χ0n) is 12.5. The third kappa shape index (κ3) is 2.70. The quantitative estimate of drug-likeness (QED) is 0.859. The zero-order chi connectivity index (χ0) is 14.8. The number of nitrogens with two attached hydrogens (primary N) is 1. The van der Waals surface area contributed by atoms with Crippen molar-refractivity contribution < 1.29 is 9.53 Å². The Kier molecular flexibility index (Phi) is 4.01. The second kappa shape index (κ2) is 5.93. The summed E-state index contributed by atoms with van der Waals surface area (Å²) < 4.78 is 5.30. The van der Waals surface area contributed by atoms with Crippen LogP contribution in [0.5, 0.6) is 5.75 Å². The molecule has 1 amide bonds. The molecular weight excluding hydrogens is 266 g/mol. The molecular formula is C16H23N3O2. The smallest absolute Gasteiger partial charge is 0.259 e. The van der Waals surface area contributed by atoms with Gasteiger partial charge in [0.2, 0.25) is 0 Å². The number of likely N-dealkylation sites (tertiary alicyclic amines) is 2. The molecule has 0 aliphatic carbocycles. The van der Waals surface area contributed by atoms with Crippen LogP contribution in [0.25, 0.3) is 0 Å². The first-order valence-electron chi connectivity index (χ1n) is 7.66. The lowest BCUT2D eigenvalue weighted by Crippen LogP contribution is -2.37. The Bertz CT molecular complexity index is 526. The van der Waals surface area contributed by atoms with Crippen LogP contribution >= 0.6 is 0 Å². The molecule has 0 bridgehead atoms. The summed E-state index contributed by atoms with van der Waals surface area (Å²) in [6, 6.07) is 5.86. The number of anilines is 1. The van der Waals surface area contributed by atoms with Crippen molar-refractivity contribution in [2.45, 2.75) is 25.3 Å². The van der Waals surface area contributed by atoms with Gasteiger partial charge >= 0.3 is 0 Å². The number of rotatable bonds is 3. The fraction of sp³-hybridized carbons (Fsp3) is 0.562. The highest BCUT2D eigenvalue weighted by Crippen LogP contribution is 2.28. The summed E-state index contributed by atoms with van der Waals surface area (Å²) in [4.78, 5) is 17.2. The molecule has 2 heterocycles. The highest BCUT2D eigenvalue weighted by molar-refractivity contribution is 6.02. The maximum atomic E-state index is 12.8. The van der Waals surface area contributed by atoms with Gasteiger partial charge in [0.05, 0.1) is 7.11 Å². The van der Waals surface area contributed by atoms with E-state index in [4.69, 9.17) is 10.5 Å². The minimum absolute atomic E-state index is 0.00773. The Balaban J connectivity index is 1.74. The third-order valence-electron chi connectivity index (χ3n) is 4.60. The van der Waals surface area contributed by atoms with Gasteiger partial charge in [-0.1, -0.05) is 6.07 Å². The van der Waals surface area contributed by atoms with E-state index in [1.54, 1.807) is 19.2 Å². The molecule has 1 aromatic carbocycles. The van der Waals surface area contributed by atoms with Gasteiger partial charge in [0.1, 0.15) is 11.3 Å². The van der Waals surface area contributed by atoms with Gasteiger partial charge in [0.15, 0.2) is 0 Å². The fourth-order valence-electron chi connectivity index (χ4n) is 3.44. The minimum atomic E-state index is -0.00773. The molecule has 1 aromatic rings. The van der Waals surface area contributed by atoms with E-state index in [2.05, 4.69) is 4.90 Å². The molecule has 5 heteroatoms. The maximum Gasteiger partial charge on any atom is 0.259 e. The van der Waals surface area contributed by atoms with Crippen molar-refractivity contribution >= 4 is 11.6 Å². The maximum absolute atomic E-state index is 12.8. The van der Waals surface area contributed by atoms with Crippen LogP contribution < -0.4 is 10.5 Å². The first-order chi connectivity index (χ1) is 10.2. The van der Waals surface area contributed by atoms with Crippen molar-refractivity contribution in [3.8, 4) is 5.75 Å². The second-order valence-corrected chi connectivity index (χ2v) is 5.86. The highest BCUT2D eigenvalue weighted by atomic mass is 16.5. The Morgan fingerprint density at radius 1 is 1.29 bits per heavy atom. The van der Waals surface area contributed by atoms with Gasteiger partial charge in [-0.3, -0.25) is 9.69 Å². The van der Waals surface area contributed by atoms with E-state index >= 15 is 0 Å². The average molecular weight is 289 g/mol. The van der Waals surface area contributed by atoms with Crippen molar-refractivity contribution in [3.05, 3.63) is 23.8 Å². The van der Waals surface area contributed by atoms with E-state index < -0.39 is 0 Å². The molecule has 2 saturated heterocycles. The van der Waals surface area contributed by atoms with Crippen LogP contribution in [0.2, 0.25) is 0 Å². The van der Waals surface area contributed by atoms with E-state index in [0.717, 1.165) is 19.5 Å². The lowest BCUT2D eigenvalue weighted by atomic mass is 10.1. The predicted octanol–water partition coefficient (Wildman–Crippen LogP) is 1.59. The molecule has 21 heavy (non-hydrogen) atoms. The molecule has 1 unspecified atom stereocenters. The number of nitrogens with zero attached hydrogens (tertiary/aromatic N) is 2. The minimum Gasteiger partial charge on any atom is -0.496 e. The Labute approximate surface area is 125 Å². The standard InChI is InChI=1S/C16H23N3O2/c1-21-14-6-4-5-13(17)15(14)16(20)19-10-7-12(11-19)18-8-2-3-9-18/h4-6,12H,2-3,7-11,17H2,1H3. The molecule has 0 radical (unpaired) electrons. The van der Waals surface area contributed by atoms with E-state index in [1.165, 1.54) is 25.9 Å². The van der Waals surface area contributed by atoms with Crippen molar-refractivity contribution in [2.24, 2.45) is 0 Å². The van der Waals surface area contributed by atoms with Crippen LogP contribution in [0.3, 0.4) is 0 Å². The van der Waals surface area contributed by atoms with Crippen LogP contribution in [-0.2, 0) is 0 Å². The van der Waals surface area contributed by atoms with Crippen LogP contribution in [-0.4, -0.2) is 55.0 Å². The normalized spacial score (nSPS) is 22.7. The summed E-state index contributed by atoms with van der Waals surface area (Å²) in [5.74, 6) is 0.552. The summed E-state index contributed by atoms with van der Waals surface area (Å²) in [7, 11) is 1.57. The zero-order valence-corrected chi connectivity index (χ0v) is 12.5. The van der Waals surface area contributed by atoms with Gasteiger partial charge in [-0.2, -0.15) is 0 Å². The molecule has 2 fully saturated rings. The van der Waals surface area contributed by atoms with E-state index in [0.29, 0.717) is 23.0 Å². The van der Waals surface area contributed by atoms with Gasteiger partial charge in [-0.25, -0.2) is 0 Å². The number of hydrogen-bond donors (Lipinski definition) is 1. The number of methoxy groups -OCH3 is 1. The summed E-state index contributed by atoms with van der Waals surface area (Å²) in [5, 5.41) is 0. The number of carbonyl (C=O) groups excluding carboxylic acids is 1. The molecule has 2 aliphatic heterocycles. The van der Waals surface area contributed by atoms with Gasteiger partial charge in [-0.15, -0.1) is 0 Å². The molecule has 5 nitrogen and oxygen atoms in total. The van der Waals surface area contributed by atoms with Gasteiger partial charge < -0.3 is 15.4 Å². The van der Waals surface area contributed by atoms with Gasteiger partial charge in [0.25, 0.3) is 5.91 Å². The Hall–Kier alpha value is -1.75. The second-order valence-electron chi connectivity index (χ2n) is 5.86. The first kappa shape index (κ1) is 14.2. The lowest BCUT2D eigenvalue weighted by Gasteiger charge is -2.24. The summed E-state index contributed by atoms with van der Waals surface area (Å²) >= 11 is 0. The molecule has 0 aromatic heterocycles. The van der Waals surface area contributed by atoms with E-state index in [9.17, 15) is 4.79 Å². The molecule has 2 aliphatic rings. The van der Waals surface area contributed by atoms with Crippen LogP contribution in [0.15, 0.2) is 18.2 Å². The SMILES string of the molecule is COc1cccc(N)c1C(=O)N1CCC(N2CCCC2)C1. The summed E-state index contributed by atoms with van der Waals surface area (Å²) in [5.41, 5.74) is 6.98. The molecule has 0 saturated carbocycles. The Morgan fingerprint density at radius 2 is 2.05 bits per heavy atom. The molecule has 0 spiro atoms. The molecule has 2 N–H and O–H groups in total. The number of hydrogen-bond acceptors (Lipinski definition) is 4. The molecule has 1 atom stereocenters. The lowest BCUT2D eigenvalue weighted by molar-refractivity contribution is 0.0778. The number of nitrogen functional groups attached to an aromatic ring is 1. The summed E-state index contributed by atoms with van der Waals surface area (Å²) in [6.07, 6.45) is 3.62. The topological polar surface area (TPSA) is 58.8 Å². The summed E-state index contributed by atoms with van der Waals surface area (Å²) in [6.45, 7) is 3.95. The van der Waals surface area contributed by atoms with Crippen LogP contribution in [0.4, 0.5) is 5.69 Å². The number of ether oxygens (including phenoxy) is 1. The van der Waals surface area contributed by atoms with Gasteiger partial charge in [0, 0.05) is 24.8 Å². The van der Waals surface area contributed by atoms with Crippen LogP contribution in [0, 0.1) is 0 Å². The number of benzene rings is 1. The highest BCUT2D eigenvalue weighted by Gasteiger charge is 2.33. The molecule has 114 valence electrons. The van der Waals surface area contributed by atoms with E-state index in [1.807, 2.05) is 11.0 Å². The van der Waals surface area contributed by atoms with E-state index in [-0.39, 0.29) is 5.91 Å². The van der Waals surface area contributed by atoms with Crippen molar-refractivity contribution in [1.29, 1.82) is 0 Å². The molecule has 3 rings (SSSR count). The number of carbonyl (C=O) groups is 1. The predicted molar refractivity (Wildman–Crippen MR) is 82.5 cm³/mol. The number of amides is 1.